The predicted molar refractivity (Wildman–Crippen MR) is 106 cm³/mol. The number of aromatic amines is 1. The van der Waals surface area contributed by atoms with Gasteiger partial charge in [0.25, 0.3) is 5.91 Å². The Balaban J connectivity index is 1.51. The van der Waals surface area contributed by atoms with Crippen molar-refractivity contribution in [2.45, 2.75) is 40.2 Å². The molecule has 150 valence electrons. The molecular weight excluding hydrogens is 356 g/mol. The number of hydrogen-bond acceptors (Lipinski definition) is 4. The molecule has 0 bridgehead atoms. The SMILES string of the molecule is Cc1cccc(OC(C)C(=O)N2CCN(C(=O)Cc3c(C)n[nH]c3C)CC2)c1. The minimum Gasteiger partial charge on any atom is -0.481 e. The highest BCUT2D eigenvalue weighted by Gasteiger charge is 2.28. The Kier molecular flexibility index (Phi) is 6.02. The van der Waals surface area contributed by atoms with Crippen molar-refractivity contribution in [2.75, 3.05) is 26.2 Å². The second-order valence-corrected chi connectivity index (χ2v) is 7.37. The third-order valence-electron chi connectivity index (χ3n) is 5.20. The third kappa shape index (κ3) is 4.52. The molecule has 0 aliphatic carbocycles. The van der Waals surface area contributed by atoms with Gasteiger partial charge in [-0.05, 0) is 45.4 Å². The highest BCUT2D eigenvalue weighted by Crippen LogP contribution is 2.16. The van der Waals surface area contributed by atoms with E-state index in [1.165, 1.54) is 0 Å². The first-order chi connectivity index (χ1) is 13.3. The van der Waals surface area contributed by atoms with Gasteiger partial charge in [0, 0.05) is 37.4 Å². The van der Waals surface area contributed by atoms with Crippen molar-refractivity contribution in [2.24, 2.45) is 0 Å². The molecule has 0 radical (unpaired) electrons. The number of aryl methyl sites for hydroxylation is 3. The van der Waals surface area contributed by atoms with Crippen molar-refractivity contribution in [3.05, 3.63) is 46.8 Å². The molecule has 2 aromatic rings. The van der Waals surface area contributed by atoms with Crippen LogP contribution in [0.5, 0.6) is 5.75 Å². The van der Waals surface area contributed by atoms with Crippen LogP contribution in [0.25, 0.3) is 0 Å². The van der Waals surface area contributed by atoms with Gasteiger partial charge in [-0.1, -0.05) is 12.1 Å². The van der Waals surface area contributed by atoms with Crippen LogP contribution in [0.4, 0.5) is 0 Å². The standard InChI is InChI=1S/C21H28N4O3/c1-14-6-5-7-18(12-14)28-17(4)21(27)25-10-8-24(9-11-25)20(26)13-19-15(2)22-23-16(19)3/h5-7,12,17H,8-11,13H2,1-4H3,(H,22,23). The Labute approximate surface area is 165 Å². The van der Waals surface area contributed by atoms with E-state index >= 15 is 0 Å². The monoisotopic (exact) mass is 384 g/mol. The molecule has 0 saturated carbocycles. The zero-order valence-corrected chi connectivity index (χ0v) is 17.0. The number of carbonyl (C=O) groups is 2. The van der Waals surface area contributed by atoms with Gasteiger partial charge in [0.15, 0.2) is 6.10 Å². The van der Waals surface area contributed by atoms with Crippen LogP contribution in [0, 0.1) is 20.8 Å². The van der Waals surface area contributed by atoms with Gasteiger partial charge < -0.3 is 14.5 Å². The van der Waals surface area contributed by atoms with Gasteiger partial charge in [0.2, 0.25) is 5.91 Å². The van der Waals surface area contributed by atoms with E-state index in [4.69, 9.17) is 4.74 Å². The number of H-pyrrole nitrogens is 1. The van der Waals surface area contributed by atoms with Crippen molar-refractivity contribution in [3.63, 3.8) is 0 Å². The van der Waals surface area contributed by atoms with Gasteiger partial charge in [-0.3, -0.25) is 14.7 Å². The summed E-state index contributed by atoms with van der Waals surface area (Å²) in [6, 6.07) is 7.67. The molecular formula is C21H28N4O3. The summed E-state index contributed by atoms with van der Waals surface area (Å²) >= 11 is 0. The molecule has 1 fully saturated rings. The lowest BCUT2D eigenvalue weighted by Gasteiger charge is -2.36. The Hall–Kier alpha value is -2.83. The number of nitrogens with zero attached hydrogens (tertiary/aromatic N) is 3. The van der Waals surface area contributed by atoms with E-state index in [0.717, 1.165) is 22.5 Å². The maximum absolute atomic E-state index is 12.7. The maximum atomic E-state index is 12.7. The highest BCUT2D eigenvalue weighted by atomic mass is 16.5. The predicted octanol–water partition coefficient (Wildman–Crippen LogP) is 2.02. The Morgan fingerprint density at radius 1 is 1.14 bits per heavy atom. The lowest BCUT2D eigenvalue weighted by Crippen LogP contribution is -2.53. The van der Waals surface area contributed by atoms with Gasteiger partial charge in [0.05, 0.1) is 12.1 Å². The Bertz CT molecular complexity index is 834. The van der Waals surface area contributed by atoms with Crippen LogP contribution in [0.1, 0.15) is 29.4 Å². The summed E-state index contributed by atoms with van der Waals surface area (Å²) < 4.78 is 5.80. The third-order valence-corrected chi connectivity index (χ3v) is 5.20. The smallest absolute Gasteiger partial charge is 0.263 e. The molecule has 1 N–H and O–H groups in total. The van der Waals surface area contributed by atoms with Crippen LogP contribution in [-0.2, 0) is 16.0 Å². The second-order valence-electron chi connectivity index (χ2n) is 7.37. The summed E-state index contributed by atoms with van der Waals surface area (Å²) in [6.07, 6.45) is -0.213. The number of amides is 2. The molecule has 1 unspecified atom stereocenters. The van der Waals surface area contributed by atoms with E-state index in [0.29, 0.717) is 38.3 Å². The number of piperazine rings is 1. The van der Waals surface area contributed by atoms with Crippen molar-refractivity contribution in [1.82, 2.24) is 20.0 Å². The number of nitrogens with one attached hydrogen (secondary N) is 1. The first-order valence-corrected chi connectivity index (χ1v) is 9.65. The zero-order chi connectivity index (χ0) is 20.3. The number of carbonyl (C=O) groups excluding carboxylic acids is 2. The van der Waals surface area contributed by atoms with Crippen LogP contribution in [-0.4, -0.2) is 64.1 Å². The minimum atomic E-state index is -0.555. The average molecular weight is 384 g/mol. The maximum Gasteiger partial charge on any atom is 0.263 e. The van der Waals surface area contributed by atoms with E-state index < -0.39 is 6.10 Å². The van der Waals surface area contributed by atoms with Gasteiger partial charge in [-0.25, -0.2) is 0 Å². The summed E-state index contributed by atoms with van der Waals surface area (Å²) in [5.41, 5.74) is 3.85. The molecule has 1 aromatic carbocycles. The fourth-order valence-corrected chi connectivity index (χ4v) is 3.47. The first kappa shape index (κ1) is 19.9. The first-order valence-electron chi connectivity index (χ1n) is 9.65. The highest BCUT2D eigenvalue weighted by molar-refractivity contribution is 5.82. The zero-order valence-electron chi connectivity index (χ0n) is 17.0. The van der Waals surface area contributed by atoms with Crippen LogP contribution < -0.4 is 4.74 Å². The summed E-state index contributed by atoms with van der Waals surface area (Å²) in [4.78, 5) is 28.9. The summed E-state index contributed by atoms with van der Waals surface area (Å²) in [7, 11) is 0. The lowest BCUT2D eigenvalue weighted by molar-refractivity contribution is -0.143. The molecule has 1 aliphatic heterocycles. The van der Waals surface area contributed by atoms with Crippen molar-refractivity contribution in [1.29, 1.82) is 0 Å². The fraction of sp³-hybridized carbons (Fsp3) is 0.476. The number of hydrogen-bond donors (Lipinski definition) is 1. The van der Waals surface area contributed by atoms with Crippen LogP contribution >= 0.6 is 0 Å². The summed E-state index contributed by atoms with van der Waals surface area (Å²) in [6.45, 7) is 9.71. The topological polar surface area (TPSA) is 78.5 Å². The largest absolute Gasteiger partial charge is 0.481 e. The van der Waals surface area contributed by atoms with Gasteiger partial charge >= 0.3 is 0 Å². The van der Waals surface area contributed by atoms with Gasteiger partial charge in [-0.2, -0.15) is 5.10 Å². The molecule has 2 amide bonds. The van der Waals surface area contributed by atoms with Crippen LogP contribution in [0.15, 0.2) is 24.3 Å². The normalized spacial score (nSPS) is 15.4. The molecule has 2 heterocycles. The van der Waals surface area contributed by atoms with Gasteiger partial charge in [-0.15, -0.1) is 0 Å². The molecule has 1 aromatic heterocycles. The number of ether oxygens (including phenoxy) is 1. The molecule has 7 nitrogen and oxygen atoms in total. The molecule has 28 heavy (non-hydrogen) atoms. The quantitative estimate of drug-likeness (QED) is 0.855. The number of benzene rings is 1. The van der Waals surface area contributed by atoms with Crippen molar-refractivity contribution in [3.8, 4) is 5.75 Å². The van der Waals surface area contributed by atoms with Crippen LogP contribution in [0.3, 0.4) is 0 Å². The Morgan fingerprint density at radius 3 is 2.43 bits per heavy atom. The Morgan fingerprint density at radius 2 is 1.82 bits per heavy atom. The molecule has 1 saturated heterocycles. The van der Waals surface area contributed by atoms with Crippen molar-refractivity contribution >= 4 is 11.8 Å². The molecule has 1 atom stereocenters. The van der Waals surface area contributed by atoms with Crippen LogP contribution in [0.2, 0.25) is 0 Å². The van der Waals surface area contributed by atoms with E-state index in [1.807, 2.05) is 49.9 Å². The van der Waals surface area contributed by atoms with E-state index in [9.17, 15) is 9.59 Å². The molecule has 1 aliphatic rings. The summed E-state index contributed by atoms with van der Waals surface area (Å²) in [5, 5.41) is 7.06. The lowest BCUT2D eigenvalue weighted by atomic mass is 10.1. The minimum absolute atomic E-state index is 0.0462. The molecule has 3 rings (SSSR count). The molecule has 0 spiro atoms. The van der Waals surface area contributed by atoms with E-state index in [2.05, 4.69) is 10.2 Å². The van der Waals surface area contributed by atoms with Crippen molar-refractivity contribution < 1.29 is 14.3 Å². The summed E-state index contributed by atoms with van der Waals surface area (Å²) in [5.74, 6) is 0.722. The van der Waals surface area contributed by atoms with E-state index in [1.54, 1.807) is 11.8 Å². The fourth-order valence-electron chi connectivity index (χ4n) is 3.47. The van der Waals surface area contributed by atoms with Gasteiger partial charge in [0.1, 0.15) is 5.75 Å². The number of aromatic nitrogens is 2. The number of rotatable bonds is 5. The molecule has 7 heteroatoms. The van der Waals surface area contributed by atoms with E-state index in [-0.39, 0.29) is 11.8 Å². The average Bonchev–Trinajstić information content (AvgIpc) is 2.99. The second kappa shape index (κ2) is 8.46.